The van der Waals surface area contributed by atoms with E-state index in [1.807, 2.05) is 6.92 Å². The third-order valence-electron chi connectivity index (χ3n) is 5.90. The topological polar surface area (TPSA) is 32.3 Å². The van der Waals surface area contributed by atoms with E-state index < -0.39 is 0 Å². The molecule has 2 fully saturated rings. The first-order chi connectivity index (χ1) is 13.2. The summed E-state index contributed by atoms with van der Waals surface area (Å²) in [5.74, 6) is 1.02. The molecule has 0 radical (unpaired) electrons. The number of aryl methyl sites for hydroxylation is 1. The van der Waals surface area contributed by atoms with Gasteiger partial charge in [-0.25, -0.2) is 9.97 Å². The van der Waals surface area contributed by atoms with Gasteiger partial charge in [0.25, 0.3) is 0 Å². The minimum absolute atomic E-state index is 0.277. The molecule has 3 heterocycles. The standard InChI is InChI=1S/C22H29ClN4/c1-17-14-22(25-16-24-17)27-13-7-2-4-8-21(27)19-15-18(9-10-20(19)23)26-11-5-3-6-12-26/h9-10,14-16,21H,2-8,11-13H2,1H3. The summed E-state index contributed by atoms with van der Waals surface area (Å²) in [4.78, 5) is 13.8. The first-order valence-electron chi connectivity index (χ1n) is 10.3. The molecule has 5 heteroatoms. The van der Waals surface area contributed by atoms with E-state index in [4.69, 9.17) is 11.6 Å². The van der Waals surface area contributed by atoms with Crippen molar-refractivity contribution in [2.45, 2.75) is 57.9 Å². The van der Waals surface area contributed by atoms with E-state index >= 15 is 0 Å². The number of hydrogen-bond acceptors (Lipinski definition) is 4. The van der Waals surface area contributed by atoms with Crippen LogP contribution in [-0.4, -0.2) is 29.6 Å². The van der Waals surface area contributed by atoms with Gasteiger partial charge in [-0.3, -0.25) is 0 Å². The van der Waals surface area contributed by atoms with Gasteiger partial charge in [-0.2, -0.15) is 0 Å². The summed E-state index contributed by atoms with van der Waals surface area (Å²) >= 11 is 6.73. The van der Waals surface area contributed by atoms with Gasteiger partial charge in [-0.15, -0.1) is 0 Å². The Morgan fingerprint density at radius 2 is 1.70 bits per heavy atom. The fourth-order valence-corrected chi connectivity index (χ4v) is 4.68. The van der Waals surface area contributed by atoms with Crippen molar-refractivity contribution in [3.8, 4) is 0 Å². The van der Waals surface area contributed by atoms with Crippen LogP contribution in [-0.2, 0) is 0 Å². The van der Waals surface area contributed by atoms with Crippen LogP contribution < -0.4 is 9.80 Å². The molecule has 4 rings (SSSR count). The fraction of sp³-hybridized carbons (Fsp3) is 0.545. The maximum Gasteiger partial charge on any atom is 0.132 e. The average molecular weight is 385 g/mol. The molecule has 2 aromatic rings. The van der Waals surface area contributed by atoms with Gasteiger partial charge in [-0.05, 0) is 62.8 Å². The molecule has 0 aliphatic carbocycles. The maximum atomic E-state index is 6.73. The van der Waals surface area contributed by atoms with Crippen LogP contribution in [0.15, 0.2) is 30.6 Å². The molecule has 0 spiro atoms. The van der Waals surface area contributed by atoms with Crippen LogP contribution in [0.5, 0.6) is 0 Å². The highest BCUT2D eigenvalue weighted by molar-refractivity contribution is 6.31. The lowest BCUT2D eigenvalue weighted by molar-refractivity contribution is 0.575. The van der Waals surface area contributed by atoms with Crippen molar-refractivity contribution >= 4 is 23.1 Å². The first kappa shape index (κ1) is 18.5. The van der Waals surface area contributed by atoms with Gasteiger partial charge in [-0.1, -0.05) is 24.4 Å². The first-order valence-corrected chi connectivity index (χ1v) is 10.7. The largest absolute Gasteiger partial charge is 0.372 e. The Morgan fingerprint density at radius 1 is 0.926 bits per heavy atom. The zero-order chi connectivity index (χ0) is 18.6. The molecule has 0 amide bonds. The Hall–Kier alpha value is -1.81. The molecular weight excluding hydrogens is 356 g/mol. The Labute approximate surface area is 167 Å². The minimum Gasteiger partial charge on any atom is -0.372 e. The van der Waals surface area contributed by atoms with Gasteiger partial charge in [0.05, 0.1) is 6.04 Å². The highest BCUT2D eigenvalue weighted by atomic mass is 35.5. The average Bonchev–Trinajstić information content (AvgIpc) is 2.95. The van der Waals surface area contributed by atoms with Gasteiger partial charge >= 0.3 is 0 Å². The molecule has 4 nitrogen and oxygen atoms in total. The molecule has 144 valence electrons. The molecule has 2 aliphatic rings. The quantitative estimate of drug-likeness (QED) is 0.694. The zero-order valence-electron chi connectivity index (χ0n) is 16.2. The number of halogens is 1. The second-order valence-electron chi connectivity index (χ2n) is 7.83. The van der Waals surface area contributed by atoms with Crippen molar-refractivity contribution in [2.75, 3.05) is 29.4 Å². The third-order valence-corrected chi connectivity index (χ3v) is 6.24. The van der Waals surface area contributed by atoms with Crippen LogP contribution in [0, 0.1) is 6.92 Å². The summed E-state index contributed by atoms with van der Waals surface area (Å²) in [6.07, 6.45) is 10.4. The number of nitrogens with zero attached hydrogens (tertiary/aromatic N) is 4. The van der Waals surface area contributed by atoms with Crippen LogP contribution in [0.4, 0.5) is 11.5 Å². The second-order valence-corrected chi connectivity index (χ2v) is 8.24. The number of aromatic nitrogens is 2. The fourth-order valence-electron chi connectivity index (χ4n) is 4.44. The number of benzene rings is 1. The predicted molar refractivity (Wildman–Crippen MR) is 113 cm³/mol. The van der Waals surface area contributed by atoms with Gasteiger partial charge < -0.3 is 9.80 Å². The summed E-state index contributed by atoms with van der Waals surface area (Å²) < 4.78 is 0. The Kier molecular flexibility index (Phi) is 5.82. The molecule has 2 aliphatic heterocycles. The molecule has 0 bridgehead atoms. The Morgan fingerprint density at radius 3 is 2.52 bits per heavy atom. The summed E-state index contributed by atoms with van der Waals surface area (Å²) in [5, 5.41) is 0.874. The lowest BCUT2D eigenvalue weighted by Gasteiger charge is -2.34. The molecule has 0 N–H and O–H groups in total. The van der Waals surface area contributed by atoms with E-state index in [-0.39, 0.29) is 6.04 Å². The minimum atomic E-state index is 0.277. The smallest absolute Gasteiger partial charge is 0.132 e. The molecular formula is C22H29ClN4. The van der Waals surface area contributed by atoms with Crippen LogP contribution in [0.1, 0.15) is 62.2 Å². The van der Waals surface area contributed by atoms with Crippen molar-refractivity contribution in [3.05, 3.63) is 46.9 Å². The van der Waals surface area contributed by atoms with Crippen molar-refractivity contribution in [2.24, 2.45) is 0 Å². The predicted octanol–water partition coefficient (Wildman–Crippen LogP) is 5.55. The highest BCUT2D eigenvalue weighted by Crippen LogP contribution is 2.38. The molecule has 1 aromatic heterocycles. The molecule has 27 heavy (non-hydrogen) atoms. The van der Waals surface area contributed by atoms with Gasteiger partial charge in [0.1, 0.15) is 12.1 Å². The Balaban J connectivity index is 1.69. The lowest BCUT2D eigenvalue weighted by atomic mass is 9.99. The highest BCUT2D eigenvalue weighted by Gasteiger charge is 2.26. The normalized spacial score (nSPS) is 21.2. The van der Waals surface area contributed by atoms with Crippen molar-refractivity contribution < 1.29 is 0 Å². The van der Waals surface area contributed by atoms with Crippen LogP contribution in [0.2, 0.25) is 5.02 Å². The third kappa shape index (κ3) is 4.21. The number of piperidine rings is 1. The van der Waals surface area contributed by atoms with E-state index in [0.717, 1.165) is 42.6 Å². The second kappa shape index (κ2) is 8.47. The van der Waals surface area contributed by atoms with E-state index in [9.17, 15) is 0 Å². The summed E-state index contributed by atoms with van der Waals surface area (Å²) in [7, 11) is 0. The van der Waals surface area contributed by atoms with Crippen molar-refractivity contribution in [1.82, 2.24) is 9.97 Å². The van der Waals surface area contributed by atoms with Crippen molar-refractivity contribution in [3.63, 3.8) is 0 Å². The summed E-state index contributed by atoms with van der Waals surface area (Å²) in [6.45, 7) is 5.36. The van der Waals surface area contributed by atoms with Crippen LogP contribution in [0.3, 0.4) is 0 Å². The van der Waals surface area contributed by atoms with Crippen molar-refractivity contribution in [1.29, 1.82) is 0 Å². The Bertz CT molecular complexity index is 773. The summed E-state index contributed by atoms with van der Waals surface area (Å²) in [5.41, 5.74) is 3.58. The van der Waals surface area contributed by atoms with Gasteiger partial charge in [0, 0.05) is 42.1 Å². The molecule has 1 atom stereocenters. The monoisotopic (exact) mass is 384 g/mol. The molecule has 1 unspecified atom stereocenters. The molecule has 1 aromatic carbocycles. The number of rotatable bonds is 3. The SMILES string of the molecule is Cc1cc(N2CCCCCC2c2cc(N3CCCCC3)ccc2Cl)ncn1. The summed E-state index contributed by atoms with van der Waals surface area (Å²) in [6, 6.07) is 8.99. The lowest BCUT2D eigenvalue weighted by Crippen LogP contribution is -2.31. The van der Waals surface area contributed by atoms with Crippen LogP contribution >= 0.6 is 11.6 Å². The van der Waals surface area contributed by atoms with Gasteiger partial charge in [0.15, 0.2) is 0 Å². The van der Waals surface area contributed by atoms with E-state index in [1.54, 1.807) is 6.33 Å². The van der Waals surface area contributed by atoms with Crippen LogP contribution in [0.25, 0.3) is 0 Å². The molecule has 2 saturated heterocycles. The van der Waals surface area contributed by atoms with E-state index in [0.29, 0.717) is 0 Å². The maximum absolute atomic E-state index is 6.73. The van der Waals surface area contributed by atoms with E-state index in [1.165, 1.54) is 49.8 Å². The number of anilines is 2. The van der Waals surface area contributed by atoms with Gasteiger partial charge in [0.2, 0.25) is 0 Å². The molecule has 0 saturated carbocycles. The van der Waals surface area contributed by atoms with E-state index in [2.05, 4.69) is 44.0 Å². The zero-order valence-corrected chi connectivity index (χ0v) is 17.0. The number of hydrogen-bond donors (Lipinski definition) is 0.